The number of nitrogens with zero attached hydrogens (tertiary/aromatic N) is 1. The topological polar surface area (TPSA) is 79.1 Å². The normalized spacial score (nSPS) is 11.6. The van der Waals surface area contributed by atoms with Crippen molar-refractivity contribution in [1.29, 1.82) is 0 Å². The third kappa shape index (κ3) is 4.39. The first-order valence-electron chi connectivity index (χ1n) is 6.74. The summed E-state index contributed by atoms with van der Waals surface area (Å²) in [6.45, 7) is 0. The minimum atomic E-state index is -0.323. The van der Waals surface area contributed by atoms with Crippen LogP contribution >= 0.6 is 11.8 Å². The molecule has 0 aliphatic rings. The number of esters is 1. The summed E-state index contributed by atoms with van der Waals surface area (Å²) in [5.41, 5.74) is 0.543. The first-order valence-corrected chi connectivity index (χ1v) is 7.73. The van der Waals surface area contributed by atoms with E-state index in [-0.39, 0.29) is 18.1 Å². The Bertz CT molecular complexity index is 700. The van der Waals surface area contributed by atoms with E-state index in [1.165, 1.54) is 18.9 Å². The zero-order valence-corrected chi connectivity index (χ0v) is 13.0. The lowest BCUT2D eigenvalue weighted by molar-refractivity contribution is -0.140. The lowest BCUT2D eigenvalue weighted by Gasteiger charge is -2.06. The maximum atomic E-state index is 11.1. The second-order valence-corrected chi connectivity index (χ2v) is 5.77. The number of carbonyl (C=O) groups excluding carboxylic acids is 1. The molecule has 5 nitrogen and oxygen atoms in total. The van der Waals surface area contributed by atoms with Gasteiger partial charge in [-0.05, 0) is 35.0 Å². The molecule has 0 aromatic heterocycles. The van der Waals surface area contributed by atoms with E-state index in [2.05, 4.69) is 9.89 Å². The maximum Gasteiger partial charge on any atom is 0.305 e. The van der Waals surface area contributed by atoms with Gasteiger partial charge in [-0.3, -0.25) is 4.79 Å². The third-order valence-electron chi connectivity index (χ3n) is 3.19. The molecule has 0 aliphatic heterocycles. The molecule has 0 saturated heterocycles. The summed E-state index contributed by atoms with van der Waals surface area (Å²) in [6.07, 6.45) is 0.574. The van der Waals surface area contributed by atoms with Gasteiger partial charge in [0.1, 0.15) is 5.75 Å². The van der Waals surface area contributed by atoms with Gasteiger partial charge in [-0.15, -0.1) is 11.8 Å². The lowest BCUT2D eigenvalue weighted by atomic mass is 10.1. The lowest BCUT2D eigenvalue weighted by Crippen LogP contribution is -2.08. The van der Waals surface area contributed by atoms with E-state index in [1.54, 1.807) is 12.1 Å². The number of phenolic OH excluding ortho intramolecular Hbond substituents is 1. The van der Waals surface area contributed by atoms with Crippen LogP contribution in [0.4, 0.5) is 0 Å². The molecule has 0 radical (unpaired) electrons. The van der Waals surface area contributed by atoms with Crippen molar-refractivity contribution < 1.29 is 19.8 Å². The van der Waals surface area contributed by atoms with E-state index >= 15 is 0 Å². The van der Waals surface area contributed by atoms with Crippen LogP contribution in [0.2, 0.25) is 0 Å². The highest BCUT2D eigenvalue weighted by Gasteiger charge is 2.07. The monoisotopic (exact) mass is 319 g/mol. The Morgan fingerprint density at radius 2 is 1.91 bits per heavy atom. The van der Waals surface area contributed by atoms with Gasteiger partial charge in [-0.2, -0.15) is 0 Å². The van der Waals surface area contributed by atoms with Crippen LogP contribution in [0.3, 0.4) is 0 Å². The molecule has 0 atom stereocenters. The number of fused-ring (bicyclic) bond motifs is 1. The van der Waals surface area contributed by atoms with Crippen LogP contribution in [0.15, 0.2) is 46.4 Å². The molecule has 0 fully saturated rings. The molecule has 22 heavy (non-hydrogen) atoms. The number of carbonyl (C=O) groups is 1. The fraction of sp³-hybridized carbons (Fsp3) is 0.250. The molecule has 0 aliphatic carbocycles. The van der Waals surface area contributed by atoms with Crippen molar-refractivity contribution in [3.63, 3.8) is 0 Å². The van der Waals surface area contributed by atoms with Gasteiger partial charge >= 0.3 is 5.97 Å². The molecule has 2 aromatic rings. The van der Waals surface area contributed by atoms with Crippen LogP contribution in [-0.4, -0.2) is 34.9 Å². The number of hydrogen-bond donors (Lipinski definition) is 2. The van der Waals surface area contributed by atoms with Crippen LogP contribution in [-0.2, 0) is 9.53 Å². The highest BCUT2D eigenvalue weighted by Crippen LogP contribution is 2.26. The van der Waals surface area contributed by atoms with Crippen molar-refractivity contribution >= 4 is 34.2 Å². The molecule has 0 saturated carbocycles. The van der Waals surface area contributed by atoms with Crippen molar-refractivity contribution in [2.24, 2.45) is 5.16 Å². The molecule has 2 rings (SSSR count). The molecule has 0 bridgehead atoms. The van der Waals surface area contributed by atoms with Crippen molar-refractivity contribution in [3.8, 4) is 5.75 Å². The highest BCUT2D eigenvalue weighted by molar-refractivity contribution is 8.00. The molecular weight excluding hydrogens is 302 g/mol. The van der Waals surface area contributed by atoms with Gasteiger partial charge in [0, 0.05) is 17.1 Å². The smallest absolute Gasteiger partial charge is 0.305 e. The molecule has 0 amide bonds. The largest absolute Gasteiger partial charge is 0.508 e. The minimum absolute atomic E-state index is 0.202. The Balaban J connectivity index is 1.98. The van der Waals surface area contributed by atoms with Crippen molar-refractivity contribution in [3.05, 3.63) is 36.4 Å². The first kappa shape index (κ1) is 16.2. The number of aromatic hydroxyl groups is 1. The summed E-state index contributed by atoms with van der Waals surface area (Å²) < 4.78 is 4.56. The van der Waals surface area contributed by atoms with Crippen LogP contribution in [0.25, 0.3) is 10.8 Å². The number of phenols is 1. The standard InChI is InChI=1S/C16H17NO4S/c1-21-16(19)7-4-13(17-20)10-22-15-6-3-11-8-14(18)5-2-12(11)9-15/h2-3,5-6,8-9,18,20H,4,7,10H2,1H3/b17-13-. The molecule has 2 N–H and O–H groups in total. The predicted octanol–water partition coefficient (Wildman–Crippen LogP) is 3.42. The van der Waals surface area contributed by atoms with Crippen molar-refractivity contribution in [1.82, 2.24) is 0 Å². The van der Waals surface area contributed by atoms with E-state index in [9.17, 15) is 9.90 Å². The molecule has 0 unspecified atom stereocenters. The predicted molar refractivity (Wildman–Crippen MR) is 86.8 cm³/mol. The quantitative estimate of drug-likeness (QED) is 0.280. The summed E-state index contributed by atoms with van der Waals surface area (Å²) in [5, 5.41) is 23.7. The molecule has 0 spiro atoms. The number of ether oxygens (including phenoxy) is 1. The first-order chi connectivity index (χ1) is 10.6. The zero-order chi connectivity index (χ0) is 15.9. The Kier molecular flexibility index (Phi) is 5.66. The number of oxime groups is 1. The Hall–Kier alpha value is -2.21. The highest BCUT2D eigenvalue weighted by atomic mass is 32.2. The number of methoxy groups -OCH3 is 1. The Morgan fingerprint density at radius 3 is 2.64 bits per heavy atom. The van der Waals surface area contributed by atoms with Gasteiger partial charge < -0.3 is 15.1 Å². The number of hydrogen-bond acceptors (Lipinski definition) is 6. The summed E-state index contributed by atoms with van der Waals surface area (Å²) in [7, 11) is 1.33. The van der Waals surface area contributed by atoms with Crippen LogP contribution in [0.1, 0.15) is 12.8 Å². The molecule has 116 valence electrons. The average Bonchev–Trinajstić information content (AvgIpc) is 2.54. The van der Waals surface area contributed by atoms with Gasteiger partial charge in [-0.1, -0.05) is 17.3 Å². The number of rotatable bonds is 6. The molecule has 6 heteroatoms. The second-order valence-electron chi connectivity index (χ2n) is 4.72. The van der Waals surface area contributed by atoms with Gasteiger partial charge in [0.2, 0.25) is 0 Å². The van der Waals surface area contributed by atoms with Crippen molar-refractivity contribution in [2.75, 3.05) is 12.9 Å². The SMILES string of the molecule is COC(=O)CC/C(CSc1ccc2cc(O)ccc2c1)=N/O. The van der Waals surface area contributed by atoms with Crippen LogP contribution in [0.5, 0.6) is 5.75 Å². The molecular formula is C16H17NO4S. The maximum absolute atomic E-state index is 11.1. The molecule has 0 heterocycles. The van der Waals surface area contributed by atoms with Crippen LogP contribution < -0.4 is 0 Å². The van der Waals surface area contributed by atoms with E-state index < -0.39 is 0 Å². The van der Waals surface area contributed by atoms with Gasteiger partial charge in [0.05, 0.1) is 19.2 Å². The van der Waals surface area contributed by atoms with Gasteiger partial charge in [0.25, 0.3) is 0 Å². The molecule has 2 aromatic carbocycles. The van der Waals surface area contributed by atoms with E-state index in [0.717, 1.165) is 15.7 Å². The fourth-order valence-electron chi connectivity index (χ4n) is 1.97. The number of benzene rings is 2. The van der Waals surface area contributed by atoms with Crippen molar-refractivity contribution in [2.45, 2.75) is 17.7 Å². The zero-order valence-electron chi connectivity index (χ0n) is 12.2. The number of thioether (sulfide) groups is 1. The Morgan fingerprint density at radius 1 is 1.18 bits per heavy atom. The summed E-state index contributed by atoms with van der Waals surface area (Å²) >= 11 is 1.53. The second kappa shape index (κ2) is 7.70. The summed E-state index contributed by atoms with van der Waals surface area (Å²) in [4.78, 5) is 12.1. The van der Waals surface area contributed by atoms with E-state index in [4.69, 9.17) is 5.21 Å². The van der Waals surface area contributed by atoms with E-state index in [0.29, 0.717) is 17.9 Å². The van der Waals surface area contributed by atoms with Crippen LogP contribution in [0, 0.1) is 0 Å². The van der Waals surface area contributed by atoms with Gasteiger partial charge in [-0.25, -0.2) is 0 Å². The summed E-state index contributed by atoms with van der Waals surface area (Å²) in [5.74, 6) is 0.416. The Labute approximate surface area is 132 Å². The third-order valence-corrected chi connectivity index (χ3v) is 4.25. The summed E-state index contributed by atoms with van der Waals surface area (Å²) in [6, 6.07) is 11.1. The fourth-order valence-corrected chi connectivity index (χ4v) is 2.88. The van der Waals surface area contributed by atoms with Gasteiger partial charge in [0.15, 0.2) is 0 Å². The minimum Gasteiger partial charge on any atom is -0.508 e. The van der Waals surface area contributed by atoms with E-state index in [1.807, 2.05) is 24.3 Å². The average molecular weight is 319 g/mol.